The van der Waals surface area contributed by atoms with E-state index in [4.69, 9.17) is 5.21 Å². The number of benzene rings is 1. The minimum atomic E-state index is 0. The molecular formula is C13H13BrN2O. The van der Waals surface area contributed by atoms with Gasteiger partial charge in [-0.2, -0.15) is 0 Å². The molecule has 0 aliphatic carbocycles. The first-order chi connectivity index (χ1) is 7.88. The highest BCUT2D eigenvalue weighted by atomic mass is 79.9. The second-order valence-electron chi connectivity index (χ2n) is 3.54. The van der Waals surface area contributed by atoms with Crippen molar-refractivity contribution < 1.29 is 26.8 Å². The Hall–Kier alpha value is -1.68. The van der Waals surface area contributed by atoms with Gasteiger partial charge in [-0.25, -0.2) is 4.57 Å². The summed E-state index contributed by atoms with van der Waals surface area (Å²) in [5.74, 6) is 0. The van der Waals surface area contributed by atoms with Crippen molar-refractivity contribution in [1.82, 2.24) is 0 Å². The van der Waals surface area contributed by atoms with Crippen LogP contribution in [0.25, 0.3) is 0 Å². The van der Waals surface area contributed by atoms with Crippen molar-refractivity contribution in [2.45, 2.75) is 6.54 Å². The van der Waals surface area contributed by atoms with Crippen molar-refractivity contribution >= 4 is 6.21 Å². The number of nitrogens with zero attached hydrogens (tertiary/aromatic N) is 2. The van der Waals surface area contributed by atoms with Crippen LogP contribution in [0.15, 0.2) is 60.0 Å². The lowest BCUT2D eigenvalue weighted by molar-refractivity contribution is -0.688. The van der Waals surface area contributed by atoms with E-state index in [1.54, 1.807) is 0 Å². The zero-order valence-corrected chi connectivity index (χ0v) is 10.8. The van der Waals surface area contributed by atoms with Gasteiger partial charge >= 0.3 is 0 Å². The van der Waals surface area contributed by atoms with Gasteiger partial charge < -0.3 is 22.2 Å². The van der Waals surface area contributed by atoms with E-state index in [0.717, 1.165) is 12.1 Å². The summed E-state index contributed by atoms with van der Waals surface area (Å²) in [6.45, 7) is 0.813. The topological polar surface area (TPSA) is 36.5 Å². The maximum Gasteiger partial charge on any atom is 0.178 e. The molecule has 0 saturated heterocycles. The number of oxime groups is 1. The molecule has 0 radical (unpaired) electrons. The molecule has 1 N–H and O–H groups in total. The molecule has 0 saturated carbocycles. The molecule has 0 amide bonds. The van der Waals surface area contributed by atoms with Crippen molar-refractivity contribution in [3.8, 4) is 0 Å². The van der Waals surface area contributed by atoms with Crippen molar-refractivity contribution in [2.24, 2.45) is 5.16 Å². The Morgan fingerprint density at radius 3 is 2.59 bits per heavy atom. The van der Waals surface area contributed by atoms with Crippen molar-refractivity contribution in [2.75, 3.05) is 0 Å². The van der Waals surface area contributed by atoms with Crippen molar-refractivity contribution in [1.29, 1.82) is 0 Å². The molecule has 1 aromatic carbocycles. The lowest BCUT2D eigenvalue weighted by atomic mass is 10.2. The van der Waals surface area contributed by atoms with Crippen LogP contribution in [0.2, 0.25) is 0 Å². The van der Waals surface area contributed by atoms with E-state index in [0.29, 0.717) is 0 Å². The Labute approximate surface area is 111 Å². The zero-order valence-electron chi connectivity index (χ0n) is 9.20. The third-order valence-electron chi connectivity index (χ3n) is 2.30. The van der Waals surface area contributed by atoms with E-state index >= 15 is 0 Å². The summed E-state index contributed by atoms with van der Waals surface area (Å²) < 4.78 is 2.05. The fraction of sp³-hybridized carbons (Fsp3) is 0.0769. The van der Waals surface area contributed by atoms with Crippen molar-refractivity contribution in [3.63, 3.8) is 0 Å². The van der Waals surface area contributed by atoms with Crippen molar-refractivity contribution in [3.05, 3.63) is 66.0 Å². The molecule has 17 heavy (non-hydrogen) atoms. The minimum Gasteiger partial charge on any atom is -1.00 e. The number of hydrogen-bond acceptors (Lipinski definition) is 2. The largest absolute Gasteiger partial charge is 1.00 e. The van der Waals surface area contributed by atoms with Gasteiger partial charge in [-0.05, 0) is 6.07 Å². The number of aromatic nitrogens is 1. The molecule has 0 aliphatic rings. The maximum absolute atomic E-state index is 8.46. The molecule has 0 bridgehead atoms. The maximum atomic E-state index is 8.46. The first-order valence-electron chi connectivity index (χ1n) is 5.09. The predicted molar refractivity (Wildman–Crippen MR) is 61.6 cm³/mol. The van der Waals surface area contributed by atoms with Crippen LogP contribution in [0.1, 0.15) is 11.1 Å². The Morgan fingerprint density at radius 1 is 1.12 bits per heavy atom. The summed E-state index contributed by atoms with van der Waals surface area (Å²) in [6.07, 6.45) is 5.34. The Kier molecular flexibility index (Phi) is 5.36. The van der Waals surface area contributed by atoms with Crippen LogP contribution in [0, 0.1) is 0 Å². The molecule has 1 heterocycles. The molecule has 88 valence electrons. The van der Waals surface area contributed by atoms with Gasteiger partial charge in [0.05, 0.1) is 11.8 Å². The second-order valence-corrected chi connectivity index (χ2v) is 3.54. The molecular weight excluding hydrogens is 280 g/mol. The number of rotatable bonds is 3. The van der Waals surface area contributed by atoms with Gasteiger partial charge in [0, 0.05) is 11.6 Å². The highest BCUT2D eigenvalue weighted by Gasteiger charge is 2.02. The molecule has 0 fully saturated rings. The summed E-state index contributed by atoms with van der Waals surface area (Å²) in [7, 11) is 0. The summed E-state index contributed by atoms with van der Waals surface area (Å²) >= 11 is 0. The summed E-state index contributed by atoms with van der Waals surface area (Å²) in [6, 6.07) is 14.0. The van der Waals surface area contributed by atoms with Crippen LogP contribution < -0.4 is 21.5 Å². The molecule has 0 unspecified atom stereocenters. The van der Waals surface area contributed by atoms with Crippen LogP contribution in [0.4, 0.5) is 0 Å². The molecule has 2 rings (SSSR count). The van der Waals surface area contributed by atoms with E-state index in [1.807, 2.05) is 47.3 Å². The SMILES string of the molecule is ON=Cc1ccc[n+](Cc2ccccc2)c1.[Br-]. The first kappa shape index (κ1) is 13.4. The second kappa shape index (κ2) is 6.81. The van der Waals surface area contributed by atoms with E-state index in [1.165, 1.54) is 11.8 Å². The summed E-state index contributed by atoms with van der Waals surface area (Å²) in [4.78, 5) is 0. The summed E-state index contributed by atoms with van der Waals surface area (Å²) in [5, 5.41) is 11.5. The Bertz CT molecular complexity index is 486. The van der Waals surface area contributed by atoms with Gasteiger partial charge in [0.1, 0.15) is 0 Å². The third-order valence-corrected chi connectivity index (χ3v) is 2.30. The number of hydrogen-bond donors (Lipinski definition) is 1. The van der Waals surface area contributed by atoms with E-state index in [2.05, 4.69) is 17.3 Å². The van der Waals surface area contributed by atoms with Gasteiger partial charge in [0.2, 0.25) is 0 Å². The fourth-order valence-corrected chi connectivity index (χ4v) is 1.58. The quantitative estimate of drug-likeness (QED) is 0.329. The lowest BCUT2D eigenvalue weighted by Gasteiger charge is -1.97. The van der Waals surface area contributed by atoms with Gasteiger partial charge in [-0.1, -0.05) is 35.5 Å². The average Bonchev–Trinajstić information content (AvgIpc) is 2.31. The highest BCUT2D eigenvalue weighted by Crippen LogP contribution is 1.98. The normalized spacial score (nSPS) is 10.1. The molecule has 0 aliphatic heterocycles. The Morgan fingerprint density at radius 2 is 1.88 bits per heavy atom. The predicted octanol–water partition coefficient (Wildman–Crippen LogP) is -1.17. The number of halogens is 1. The third kappa shape index (κ3) is 4.00. The smallest absolute Gasteiger partial charge is 0.178 e. The fourth-order valence-electron chi connectivity index (χ4n) is 1.58. The lowest BCUT2D eigenvalue weighted by Crippen LogP contribution is -3.00. The number of pyridine rings is 1. The minimum absolute atomic E-state index is 0. The standard InChI is InChI=1S/C13H12N2O.BrH/c16-14-9-13-7-4-8-15(11-13)10-12-5-2-1-3-6-12;/h1-9,11H,10H2;1H. The average molecular weight is 293 g/mol. The highest BCUT2D eigenvalue weighted by molar-refractivity contribution is 5.77. The van der Waals surface area contributed by atoms with Crippen LogP contribution in [0.5, 0.6) is 0 Å². The van der Waals surface area contributed by atoms with Gasteiger partial charge in [-0.15, -0.1) is 0 Å². The van der Waals surface area contributed by atoms with E-state index < -0.39 is 0 Å². The molecule has 3 nitrogen and oxygen atoms in total. The summed E-state index contributed by atoms with van der Waals surface area (Å²) in [5.41, 5.74) is 2.12. The van der Waals surface area contributed by atoms with Crippen LogP contribution in [0.3, 0.4) is 0 Å². The molecule has 1 aromatic heterocycles. The molecule has 4 heteroatoms. The van der Waals surface area contributed by atoms with Gasteiger partial charge in [-0.3, -0.25) is 0 Å². The molecule has 0 spiro atoms. The molecule has 2 aromatic rings. The van der Waals surface area contributed by atoms with Gasteiger partial charge in [0.25, 0.3) is 0 Å². The molecule has 0 atom stereocenters. The first-order valence-corrected chi connectivity index (χ1v) is 5.09. The van der Waals surface area contributed by atoms with Gasteiger partial charge in [0.15, 0.2) is 18.9 Å². The Balaban J connectivity index is 0.00000144. The zero-order chi connectivity index (χ0) is 11.2. The van der Waals surface area contributed by atoms with Crippen LogP contribution in [-0.2, 0) is 6.54 Å². The van der Waals surface area contributed by atoms with Crippen LogP contribution in [-0.4, -0.2) is 11.4 Å². The van der Waals surface area contributed by atoms with E-state index in [-0.39, 0.29) is 17.0 Å². The van der Waals surface area contributed by atoms with Crippen LogP contribution >= 0.6 is 0 Å². The monoisotopic (exact) mass is 292 g/mol. The van der Waals surface area contributed by atoms with E-state index in [9.17, 15) is 0 Å².